The lowest BCUT2D eigenvalue weighted by Gasteiger charge is -2.32. The molecule has 0 bridgehead atoms. The third kappa shape index (κ3) is 3.26. The van der Waals surface area contributed by atoms with E-state index in [0.717, 1.165) is 25.1 Å². The lowest BCUT2D eigenvalue weighted by molar-refractivity contribution is 0.0869. The van der Waals surface area contributed by atoms with Crippen molar-refractivity contribution in [2.45, 2.75) is 32.2 Å². The van der Waals surface area contributed by atoms with Gasteiger partial charge in [0.05, 0.1) is 17.7 Å². The average molecular weight is 325 g/mol. The molecule has 5 nitrogen and oxygen atoms in total. The van der Waals surface area contributed by atoms with E-state index in [1.54, 1.807) is 32.2 Å². The molecule has 2 heterocycles. The van der Waals surface area contributed by atoms with Gasteiger partial charge in [-0.25, -0.2) is 4.98 Å². The van der Waals surface area contributed by atoms with Crippen molar-refractivity contribution in [1.82, 2.24) is 10.3 Å². The van der Waals surface area contributed by atoms with Crippen molar-refractivity contribution in [2.75, 3.05) is 18.1 Å². The quantitative estimate of drug-likeness (QED) is 0.907. The molecule has 24 heavy (non-hydrogen) atoms. The summed E-state index contributed by atoms with van der Waals surface area (Å²) in [7, 11) is 0. The SMILES string of the molecule is CC(C)(CO)NC(=O)c1cccnc1N1CCCc2ccccc21. The normalized spacial score (nSPS) is 14.2. The summed E-state index contributed by atoms with van der Waals surface area (Å²) >= 11 is 0. The van der Waals surface area contributed by atoms with E-state index in [1.807, 2.05) is 12.1 Å². The molecule has 1 aromatic carbocycles. The van der Waals surface area contributed by atoms with Crippen LogP contribution in [0.25, 0.3) is 0 Å². The lowest BCUT2D eigenvalue weighted by Crippen LogP contribution is -2.46. The minimum Gasteiger partial charge on any atom is -0.394 e. The molecule has 0 aliphatic carbocycles. The van der Waals surface area contributed by atoms with Gasteiger partial charge in [-0.15, -0.1) is 0 Å². The van der Waals surface area contributed by atoms with E-state index in [1.165, 1.54) is 5.56 Å². The zero-order chi connectivity index (χ0) is 17.2. The van der Waals surface area contributed by atoms with Crippen LogP contribution in [0, 0.1) is 0 Å². The molecular formula is C19H23N3O2. The van der Waals surface area contributed by atoms with Gasteiger partial charge in [-0.2, -0.15) is 0 Å². The fourth-order valence-electron chi connectivity index (χ4n) is 2.96. The zero-order valence-electron chi connectivity index (χ0n) is 14.1. The van der Waals surface area contributed by atoms with E-state index in [-0.39, 0.29) is 12.5 Å². The third-order valence-electron chi connectivity index (χ3n) is 4.24. The lowest BCUT2D eigenvalue weighted by atomic mass is 10.0. The summed E-state index contributed by atoms with van der Waals surface area (Å²) in [6.07, 6.45) is 3.77. The van der Waals surface area contributed by atoms with Crippen molar-refractivity contribution < 1.29 is 9.90 Å². The number of pyridine rings is 1. The molecule has 2 N–H and O–H groups in total. The highest BCUT2D eigenvalue weighted by molar-refractivity contribution is 6.00. The van der Waals surface area contributed by atoms with Crippen LogP contribution in [0.15, 0.2) is 42.6 Å². The highest BCUT2D eigenvalue weighted by atomic mass is 16.3. The number of rotatable bonds is 4. The van der Waals surface area contributed by atoms with Crippen LogP contribution < -0.4 is 10.2 Å². The van der Waals surface area contributed by atoms with Gasteiger partial charge in [-0.3, -0.25) is 4.79 Å². The molecular weight excluding hydrogens is 302 g/mol. The Hall–Kier alpha value is -2.40. The fraction of sp³-hybridized carbons (Fsp3) is 0.368. The monoisotopic (exact) mass is 325 g/mol. The second-order valence-corrected chi connectivity index (χ2v) is 6.75. The molecule has 126 valence electrons. The van der Waals surface area contributed by atoms with Gasteiger partial charge >= 0.3 is 0 Å². The Bertz CT molecular complexity index is 743. The highest BCUT2D eigenvalue weighted by Crippen LogP contribution is 2.33. The number of aliphatic hydroxyl groups is 1. The van der Waals surface area contributed by atoms with Crippen LogP contribution in [-0.4, -0.2) is 34.7 Å². The number of hydrogen-bond acceptors (Lipinski definition) is 4. The molecule has 0 unspecified atom stereocenters. The Morgan fingerprint density at radius 1 is 1.29 bits per heavy atom. The van der Waals surface area contributed by atoms with Crippen molar-refractivity contribution in [3.8, 4) is 0 Å². The molecule has 5 heteroatoms. The summed E-state index contributed by atoms with van der Waals surface area (Å²) in [5.74, 6) is 0.441. The number of aliphatic hydroxyl groups excluding tert-OH is 1. The maximum absolute atomic E-state index is 12.7. The van der Waals surface area contributed by atoms with E-state index in [4.69, 9.17) is 0 Å². The van der Waals surface area contributed by atoms with Gasteiger partial charge in [-0.1, -0.05) is 18.2 Å². The van der Waals surface area contributed by atoms with Crippen molar-refractivity contribution in [2.24, 2.45) is 0 Å². The number of carbonyl (C=O) groups is 1. The Kier molecular flexibility index (Phi) is 4.53. The van der Waals surface area contributed by atoms with Crippen LogP contribution in [-0.2, 0) is 6.42 Å². The number of nitrogens with one attached hydrogen (secondary N) is 1. The number of nitrogens with zero attached hydrogens (tertiary/aromatic N) is 2. The number of fused-ring (bicyclic) bond motifs is 1. The molecule has 0 atom stereocenters. The molecule has 0 fully saturated rings. The molecule has 0 spiro atoms. The predicted molar refractivity (Wildman–Crippen MR) is 94.6 cm³/mol. The van der Waals surface area contributed by atoms with Gasteiger partial charge in [0.1, 0.15) is 5.82 Å². The number of para-hydroxylation sites is 1. The number of carbonyl (C=O) groups excluding carboxylic acids is 1. The Morgan fingerprint density at radius 2 is 2.08 bits per heavy atom. The first kappa shape index (κ1) is 16.5. The van der Waals surface area contributed by atoms with E-state index < -0.39 is 5.54 Å². The Morgan fingerprint density at radius 3 is 2.88 bits per heavy atom. The molecule has 1 aromatic heterocycles. The minimum absolute atomic E-state index is 0.124. The number of amides is 1. The Labute approximate surface area is 142 Å². The van der Waals surface area contributed by atoms with Crippen molar-refractivity contribution in [3.05, 3.63) is 53.7 Å². The van der Waals surface area contributed by atoms with Crippen molar-refractivity contribution in [3.63, 3.8) is 0 Å². The van der Waals surface area contributed by atoms with E-state index in [2.05, 4.69) is 27.3 Å². The molecule has 0 saturated carbocycles. The molecule has 0 saturated heterocycles. The molecule has 2 aromatic rings. The highest BCUT2D eigenvalue weighted by Gasteiger charge is 2.26. The topological polar surface area (TPSA) is 65.5 Å². The van der Waals surface area contributed by atoms with E-state index >= 15 is 0 Å². The number of aryl methyl sites for hydroxylation is 1. The maximum Gasteiger partial charge on any atom is 0.255 e. The number of hydrogen-bond donors (Lipinski definition) is 2. The summed E-state index contributed by atoms with van der Waals surface area (Å²) in [6, 6.07) is 11.8. The fourth-order valence-corrected chi connectivity index (χ4v) is 2.96. The van der Waals surface area contributed by atoms with Crippen LogP contribution in [0.2, 0.25) is 0 Å². The Balaban J connectivity index is 1.98. The molecule has 0 radical (unpaired) electrons. The minimum atomic E-state index is -0.677. The van der Waals surface area contributed by atoms with Gasteiger partial charge in [0.25, 0.3) is 5.91 Å². The van der Waals surface area contributed by atoms with Crippen molar-refractivity contribution in [1.29, 1.82) is 0 Å². The van der Waals surface area contributed by atoms with Gasteiger partial charge in [0, 0.05) is 18.4 Å². The zero-order valence-corrected chi connectivity index (χ0v) is 14.1. The van der Waals surface area contributed by atoms with Crippen LogP contribution in [0.3, 0.4) is 0 Å². The summed E-state index contributed by atoms with van der Waals surface area (Å²) < 4.78 is 0. The number of benzene rings is 1. The summed E-state index contributed by atoms with van der Waals surface area (Å²) in [5.41, 5.74) is 2.23. The summed E-state index contributed by atoms with van der Waals surface area (Å²) in [6.45, 7) is 4.28. The number of aromatic nitrogens is 1. The van der Waals surface area contributed by atoms with Crippen LogP contribution in [0.4, 0.5) is 11.5 Å². The molecule has 1 aliphatic rings. The van der Waals surface area contributed by atoms with Crippen LogP contribution in [0.5, 0.6) is 0 Å². The first-order valence-electron chi connectivity index (χ1n) is 8.26. The van der Waals surface area contributed by atoms with Crippen molar-refractivity contribution >= 4 is 17.4 Å². The van der Waals surface area contributed by atoms with Gasteiger partial charge in [0.2, 0.25) is 0 Å². The molecule has 1 amide bonds. The third-order valence-corrected chi connectivity index (χ3v) is 4.24. The first-order chi connectivity index (χ1) is 11.5. The number of anilines is 2. The second kappa shape index (κ2) is 6.61. The standard InChI is InChI=1S/C19H23N3O2/c1-19(2,13-23)21-18(24)15-9-5-11-20-17(15)22-12-6-8-14-7-3-4-10-16(14)22/h3-5,7,9-11,23H,6,8,12-13H2,1-2H3,(H,21,24). The van der Waals surface area contributed by atoms with E-state index in [0.29, 0.717) is 11.4 Å². The predicted octanol–water partition coefficient (Wildman–Crippen LogP) is 2.67. The molecule has 3 rings (SSSR count). The average Bonchev–Trinajstić information content (AvgIpc) is 2.61. The summed E-state index contributed by atoms with van der Waals surface area (Å²) in [5, 5.41) is 12.3. The first-order valence-corrected chi connectivity index (χ1v) is 8.26. The molecule has 1 aliphatic heterocycles. The van der Waals surface area contributed by atoms with Gasteiger partial charge in [0.15, 0.2) is 0 Å². The summed E-state index contributed by atoms with van der Waals surface area (Å²) in [4.78, 5) is 19.3. The largest absolute Gasteiger partial charge is 0.394 e. The maximum atomic E-state index is 12.7. The smallest absolute Gasteiger partial charge is 0.255 e. The van der Waals surface area contributed by atoms with E-state index in [9.17, 15) is 9.90 Å². The van der Waals surface area contributed by atoms with Gasteiger partial charge in [-0.05, 0) is 50.5 Å². The van der Waals surface area contributed by atoms with Crippen LogP contribution in [0.1, 0.15) is 36.2 Å². The van der Waals surface area contributed by atoms with Gasteiger partial charge < -0.3 is 15.3 Å². The van der Waals surface area contributed by atoms with Crippen LogP contribution >= 0.6 is 0 Å². The second-order valence-electron chi connectivity index (χ2n) is 6.75.